The molecule has 0 aliphatic carbocycles. The molecule has 0 bridgehead atoms. The Morgan fingerprint density at radius 3 is 2.57 bits per heavy atom. The summed E-state index contributed by atoms with van der Waals surface area (Å²) in [5.74, 6) is 1.52. The van der Waals surface area contributed by atoms with E-state index >= 15 is 0 Å². The van der Waals surface area contributed by atoms with E-state index in [-0.39, 0.29) is 0 Å². The Labute approximate surface area is 125 Å². The first-order valence-electron chi connectivity index (χ1n) is 7.09. The van der Waals surface area contributed by atoms with Gasteiger partial charge in [0.2, 0.25) is 5.88 Å². The van der Waals surface area contributed by atoms with Gasteiger partial charge in [0.05, 0.1) is 12.2 Å². The second-order valence-electron chi connectivity index (χ2n) is 4.89. The van der Waals surface area contributed by atoms with Crippen LogP contribution in [0.3, 0.4) is 0 Å². The lowest BCUT2D eigenvalue weighted by molar-refractivity contribution is 0.323. The fourth-order valence-electron chi connectivity index (χ4n) is 2.33. The molecule has 0 fully saturated rings. The van der Waals surface area contributed by atoms with Crippen molar-refractivity contribution in [2.24, 2.45) is 5.73 Å². The van der Waals surface area contributed by atoms with Gasteiger partial charge in [0, 0.05) is 20.1 Å². The van der Waals surface area contributed by atoms with E-state index in [0.717, 1.165) is 23.5 Å². The fourth-order valence-corrected chi connectivity index (χ4v) is 2.33. The molecule has 112 valence electrons. The van der Waals surface area contributed by atoms with Crippen LogP contribution in [-0.4, -0.2) is 23.6 Å². The molecule has 1 heterocycles. The van der Waals surface area contributed by atoms with E-state index in [4.69, 9.17) is 10.5 Å². The van der Waals surface area contributed by atoms with Crippen molar-refractivity contribution in [2.75, 3.05) is 18.6 Å². The van der Waals surface area contributed by atoms with Crippen molar-refractivity contribution in [1.29, 1.82) is 0 Å². The molecule has 2 N–H and O–H groups in total. The van der Waals surface area contributed by atoms with Gasteiger partial charge in [-0.1, -0.05) is 24.3 Å². The summed E-state index contributed by atoms with van der Waals surface area (Å²) < 4.78 is 5.52. The van der Waals surface area contributed by atoms with E-state index in [9.17, 15) is 0 Å². The lowest BCUT2D eigenvalue weighted by Gasteiger charge is -2.22. The molecule has 0 atom stereocenters. The monoisotopic (exact) mass is 286 g/mol. The number of nitrogens with two attached hydrogens (primary N) is 1. The number of aromatic nitrogens is 2. The Morgan fingerprint density at radius 2 is 1.90 bits per heavy atom. The van der Waals surface area contributed by atoms with E-state index < -0.39 is 0 Å². The van der Waals surface area contributed by atoms with Crippen molar-refractivity contribution in [3.8, 4) is 5.88 Å². The highest BCUT2D eigenvalue weighted by Crippen LogP contribution is 2.24. The number of rotatable bonds is 6. The summed E-state index contributed by atoms with van der Waals surface area (Å²) in [7, 11) is 2.01. The molecule has 5 heteroatoms. The molecule has 0 saturated heterocycles. The molecule has 0 aliphatic heterocycles. The molecule has 0 unspecified atom stereocenters. The Morgan fingerprint density at radius 1 is 1.19 bits per heavy atom. The summed E-state index contributed by atoms with van der Waals surface area (Å²) in [4.78, 5) is 10.6. The molecule has 2 rings (SSSR count). The van der Waals surface area contributed by atoms with Crippen molar-refractivity contribution in [2.45, 2.75) is 26.9 Å². The molecule has 2 aromatic rings. The van der Waals surface area contributed by atoms with E-state index in [1.165, 1.54) is 5.56 Å². The van der Waals surface area contributed by atoms with Crippen LogP contribution >= 0.6 is 0 Å². The fraction of sp³-hybridized carbons (Fsp3) is 0.375. The maximum atomic E-state index is 5.79. The largest absolute Gasteiger partial charge is 0.478 e. The lowest BCUT2D eigenvalue weighted by atomic mass is 10.1. The van der Waals surface area contributed by atoms with Gasteiger partial charge in [-0.05, 0) is 25.0 Å². The molecule has 0 amide bonds. The van der Waals surface area contributed by atoms with Crippen molar-refractivity contribution >= 4 is 5.82 Å². The summed E-state index contributed by atoms with van der Waals surface area (Å²) in [6.45, 7) is 5.80. The van der Waals surface area contributed by atoms with Crippen molar-refractivity contribution in [1.82, 2.24) is 9.97 Å². The predicted octanol–water partition coefficient (Wildman–Crippen LogP) is 2.28. The third-order valence-corrected chi connectivity index (χ3v) is 3.40. The number of hydrogen-bond donors (Lipinski definition) is 1. The Kier molecular flexibility index (Phi) is 5.11. The third kappa shape index (κ3) is 3.49. The predicted molar refractivity (Wildman–Crippen MR) is 84.4 cm³/mol. The third-order valence-electron chi connectivity index (χ3n) is 3.40. The van der Waals surface area contributed by atoms with Crippen LogP contribution in [0.4, 0.5) is 5.82 Å². The van der Waals surface area contributed by atoms with Gasteiger partial charge in [0.25, 0.3) is 0 Å². The van der Waals surface area contributed by atoms with Gasteiger partial charge < -0.3 is 15.4 Å². The number of hydrogen-bond acceptors (Lipinski definition) is 5. The number of ether oxygens (including phenoxy) is 1. The summed E-state index contributed by atoms with van der Waals surface area (Å²) in [6.07, 6.45) is 1.54. The van der Waals surface area contributed by atoms with Crippen molar-refractivity contribution in [3.63, 3.8) is 0 Å². The molecule has 5 nitrogen and oxygen atoms in total. The molecule has 0 spiro atoms. The van der Waals surface area contributed by atoms with E-state index in [0.29, 0.717) is 19.0 Å². The van der Waals surface area contributed by atoms with Crippen LogP contribution in [0.1, 0.15) is 23.6 Å². The first-order chi connectivity index (χ1) is 10.2. The maximum absolute atomic E-state index is 5.79. The average molecular weight is 286 g/mol. The zero-order valence-corrected chi connectivity index (χ0v) is 12.8. The van der Waals surface area contributed by atoms with Gasteiger partial charge in [0.15, 0.2) is 0 Å². The topological polar surface area (TPSA) is 64.3 Å². The number of nitrogens with zero attached hydrogens (tertiary/aromatic N) is 3. The first kappa shape index (κ1) is 15.3. The Bertz CT molecular complexity index is 601. The Hall–Kier alpha value is -2.14. The van der Waals surface area contributed by atoms with Gasteiger partial charge in [-0.25, -0.2) is 9.97 Å². The highest BCUT2D eigenvalue weighted by Gasteiger charge is 2.13. The summed E-state index contributed by atoms with van der Waals surface area (Å²) in [5.41, 5.74) is 9.11. The van der Waals surface area contributed by atoms with Gasteiger partial charge in [0.1, 0.15) is 12.1 Å². The van der Waals surface area contributed by atoms with Crippen LogP contribution < -0.4 is 15.4 Å². The van der Waals surface area contributed by atoms with E-state index in [1.54, 1.807) is 6.33 Å². The van der Waals surface area contributed by atoms with Crippen LogP contribution in [0.2, 0.25) is 0 Å². The first-order valence-corrected chi connectivity index (χ1v) is 7.09. The second-order valence-corrected chi connectivity index (χ2v) is 4.89. The van der Waals surface area contributed by atoms with E-state index in [1.807, 2.05) is 33.0 Å². The minimum absolute atomic E-state index is 0.539. The summed E-state index contributed by atoms with van der Waals surface area (Å²) >= 11 is 0. The molecule has 1 aromatic carbocycles. The summed E-state index contributed by atoms with van der Waals surface area (Å²) in [5, 5.41) is 0. The minimum atomic E-state index is 0.539. The lowest BCUT2D eigenvalue weighted by Crippen LogP contribution is -2.20. The van der Waals surface area contributed by atoms with E-state index in [2.05, 4.69) is 27.0 Å². The molecule has 0 saturated carbocycles. The zero-order chi connectivity index (χ0) is 15.2. The van der Waals surface area contributed by atoms with Crippen molar-refractivity contribution in [3.05, 3.63) is 47.3 Å². The van der Waals surface area contributed by atoms with Crippen LogP contribution in [0.25, 0.3) is 0 Å². The molecule has 0 aliphatic rings. The minimum Gasteiger partial charge on any atom is -0.478 e. The van der Waals surface area contributed by atoms with Gasteiger partial charge in [-0.2, -0.15) is 0 Å². The number of benzene rings is 1. The quantitative estimate of drug-likeness (QED) is 0.882. The van der Waals surface area contributed by atoms with Crippen molar-refractivity contribution < 1.29 is 4.74 Å². The van der Waals surface area contributed by atoms with Gasteiger partial charge >= 0.3 is 0 Å². The van der Waals surface area contributed by atoms with Crippen LogP contribution in [0.5, 0.6) is 5.88 Å². The second kappa shape index (κ2) is 7.04. The highest BCUT2D eigenvalue weighted by atomic mass is 16.5. The maximum Gasteiger partial charge on any atom is 0.221 e. The normalized spacial score (nSPS) is 10.5. The van der Waals surface area contributed by atoms with Crippen LogP contribution in [-0.2, 0) is 13.1 Å². The molecule has 1 aromatic heterocycles. The van der Waals surface area contributed by atoms with Gasteiger partial charge in [-0.15, -0.1) is 0 Å². The zero-order valence-electron chi connectivity index (χ0n) is 12.8. The van der Waals surface area contributed by atoms with Crippen LogP contribution in [0, 0.1) is 6.92 Å². The Balaban J connectivity index is 2.24. The van der Waals surface area contributed by atoms with Crippen LogP contribution in [0.15, 0.2) is 30.6 Å². The van der Waals surface area contributed by atoms with Gasteiger partial charge in [-0.3, -0.25) is 0 Å². The molecular formula is C16H22N4O. The smallest absolute Gasteiger partial charge is 0.221 e. The summed E-state index contributed by atoms with van der Waals surface area (Å²) in [6, 6.07) is 8.19. The number of anilines is 1. The SMILES string of the molecule is CCOc1ncnc(N(C)Cc2ccccc2CN)c1C. The molecule has 0 radical (unpaired) electrons. The molecular weight excluding hydrogens is 264 g/mol. The molecule has 21 heavy (non-hydrogen) atoms. The average Bonchev–Trinajstić information content (AvgIpc) is 2.50. The highest BCUT2D eigenvalue weighted by molar-refractivity contribution is 5.50. The standard InChI is InChI=1S/C16H22N4O/c1-4-21-16-12(2)15(18-11-19-16)20(3)10-14-8-6-5-7-13(14)9-17/h5-8,11H,4,9-10,17H2,1-3H3.